The van der Waals surface area contributed by atoms with E-state index in [1.165, 1.54) is 7.11 Å². The van der Waals surface area contributed by atoms with Crippen LogP contribution in [0.1, 0.15) is 6.42 Å². The number of fused-ring (bicyclic) bond motifs is 2. The lowest BCUT2D eigenvalue weighted by Crippen LogP contribution is -2.45. The summed E-state index contributed by atoms with van der Waals surface area (Å²) in [6.07, 6.45) is 1.94. The molecule has 5 heteroatoms. The Hall–Kier alpha value is -0.840. The summed E-state index contributed by atoms with van der Waals surface area (Å²) in [7, 11) is 1.33. The van der Waals surface area contributed by atoms with Crippen LogP contribution >= 0.6 is 15.9 Å². The Morgan fingerprint density at radius 1 is 1.71 bits per heavy atom. The molecule has 1 fully saturated rings. The third-order valence-corrected chi connectivity index (χ3v) is 3.36. The van der Waals surface area contributed by atoms with Gasteiger partial charge in [-0.1, -0.05) is 22.0 Å². The predicted molar refractivity (Wildman–Crippen MR) is 50.5 cm³/mol. The minimum absolute atomic E-state index is 0.309. The molecule has 1 saturated heterocycles. The summed E-state index contributed by atoms with van der Waals surface area (Å²) in [6, 6.07) is 0. The van der Waals surface area contributed by atoms with E-state index in [4.69, 9.17) is 4.74 Å². The molecule has 14 heavy (non-hydrogen) atoms. The van der Waals surface area contributed by atoms with E-state index in [0.29, 0.717) is 6.42 Å². The zero-order chi connectivity index (χ0) is 10.3. The Bertz CT molecular complexity index is 323. The molecule has 2 heterocycles. The lowest BCUT2D eigenvalue weighted by Gasteiger charge is -2.36. The maximum absolute atomic E-state index is 11.3. The van der Waals surface area contributed by atoms with E-state index in [1.807, 2.05) is 0 Å². The minimum atomic E-state index is -0.484. The Morgan fingerprint density at radius 3 is 3.00 bits per heavy atom. The molecule has 0 saturated carbocycles. The molecule has 0 aromatic rings. The second-order valence-corrected chi connectivity index (χ2v) is 4.28. The molecule has 0 N–H and O–H groups in total. The van der Waals surface area contributed by atoms with Crippen LogP contribution in [0.3, 0.4) is 0 Å². The fraction of sp³-hybridized carbons (Fsp3) is 0.556. The van der Waals surface area contributed by atoms with Gasteiger partial charge in [0, 0.05) is 10.9 Å². The van der Waals surface area contributed by atoms with Crippen LogP contribution in [-0.2, 0) is 19.1 Å². The summed E-state index contributed by atoms with van der Waals surface area (Å²) >= 11 is 3.30. The summed E-state index contributed by atoms with van der Waals surface area (Å²) < 4.78 is 10.5. The van der Waals surface area contributed by atoms with Crippen molar-refractivity contribution in [3.63, 3.8) is 0 Å². The number of methoxy groups -OCH3 is 1. The van der Waals surface area contributed by atoms with Crippen LogP contribution in [0.2, 0.25) is 0 Å². The highest BCUT2D eigenvalue weighted by Crippen LogP contribution is 2.40. The number of rotatable bonds is 1. The number of hydrogen-bond donors (Lipinski definition) is 0. The highest BCUT2D eigenvalue weighted by molar-refractivity contribution is 9.11. The zero-order valence-corrected chi connectivity index (χ0v) is 9.11. The number of carbonyl (C=O) groups is 2. The van der Waals surface area contributed by atoms with Gasteiger partial charge in [0.05, 0.1) is 18.9 Å². The molecule has 3 atom stereocenters. The maximum atomic E-state index is 11.3. The molecule has 0 unspecified atom stereocenters. The van der Waals surface area contributed by atoms with Gasteiger partial charge in [-0.25, -0.2) is 0 Å². The Morgan fingerprint density at radius 2 is 2.43 bits per heavy atom. The lowest BCUT2D eigenvalue weighted by atomic mass is 9.80. The van der Waals surface area contributed by atoms with E-state index >= 15 is 0 Å². The second kappa shape index (κ2) is 3.38. The molecule has 1 aliphatic carbocycles. The molecule has 3 aliphatic rings. The molecule has 0 amide bonds. The average Bonchev–Trinajstić information content (AvgIpc) is 2.18. The molecule has 0 aromatic heterocycles. The quantitative estimate of drug-likeness (QED) is 0.661. The average molecular weight is 261 g/mol. The maximum Gasteiger partial charge on any atom is 0.314 e. The molecule has 4 nitrogen and oxygen atoms in total. The first kappa shape index (κ1) is 9.71. The van der Waals surface area contributed by atoms with Crippen molar-refractivity contribution in [3.05, 3.63) is 10.6 Å². The van der Waals surface area contributed by atoms with E-state index in [-0.39, 0.29) is 24.0 Å². The van der Waals surface area contributed by atoms with E-state index in [2.05, 4.69) is 20.7 Å². The van der Waals surface area contributed by atoms with E-state index in [9.17, 15) is 9.59 Å². The fourth-order valence-corrected chi connectivity index (χ4v) is 2.40. The van der Waals surface area contributed by atoms with Crippen molar-refractivity contribution in [2.75, 3.05) is 7.11 Å². The molecule has 2 bridgehead atoms. The Balaban J connectivity index is 2.27. The van der Waals surface area contributed by atoms with Gasteiger partial charge >= 0.3 is 11.9 Å². The van der Waals surface area contributed by atoms with Gasteiger partial charge in [-0.3, -0.25) is 9.59 Å². The number of halogens is 1. The van der Waals surface area contributed by atoms with E-state index < -0.39 is 5.92 Å². The van der Waals surface area contributed by atoms with Gasteiger partial charge in [0.1, 0.15) is 6.10 Å². The van der Waals surface area contributed by atoms with Gasteiger partial charge in [-0.15, -0.1) is 0 Å². The Kier molecular flexibility index (Phi) is 2.34. The van der Waals surface area contributed by atoms with E-state index in [0.717, 1.165) is 4.48 Å². The number of carbonyl (C=O) groups excluding carboxylic acids is 2. The van der Waals surface area contributed by atoms with Gasteiger partial charge in [0.15, 0.2) is 0 Å². The van der Waals surface area contributed by atoms with Gasteiger partial charge in [0.2, 0.25) is 0 Å². The first-order chi connectivity index (χ1) is 6.63. The topological polar surface area (TPSA) is 52.6 Å². The van der Waals surface area contributed by atoms with Crippen LogP contribution in [0.15, 0.2) is 10.6 Å². The van der Waals surface area contributed by atoms with Gasteiger partial charge in [0.25, 0.3) is 0 Å². The van der Waals surface area contributed by atoms with Crippen LogP contribution < -0.4 is 0 Å². The largest absolute Gasteiger partial charge is 0.469 e. The van der Waals surface area contributed by atoms with Crippen LogP contribution in [-0.4, -0.2) is 25.2 Å². The zero-order valence-electron chi connectivity index (χ0n) is 7.53. The first-order valence-electron chi connectivity index (χ1n) is 4.29. The summed E-state index contributed by atoms with van der Waals surface area (Å²) in [4.78, 5) is 22.7. The second-order valence-electron chi connectivity index (χ2n) is 3.37. The summed E-state index contributed by atoms with van der Waals surface area (Å²) in [5.74, 6) is -1.54. The van der Waals surface area contributed by atoms with Crippen LogP contribution in [0.25, 0.3) is 0 Å². The predicted octanol–water partition coefficient (Wildman–Crippen LogP) is 1.000. The van der Waals surface area contributed by atoms with Crippen molar-refractivity contribution in [2.45, 2.75) is 12.5 Å². The SMILES string of the molecule is COC(=O)[C@@H]1C[C@@H]2OC(=O)[C@H]1C=C2Br. The van der Waals surface area contributed by atoms with Gasteiger partial charge in [-0.2, -0.15) is 0 Å². The van der Waals surface area contributed by atoms with Gasteiger partial charge in [-0.05, 0) is 0 Å². The molecule has 2 aliphatic heterocycles. The van der Waals surface area contributed by atoms with Crippen LogP contribution in [0.5, 0.6) is 0 Å². The lowest BCUT2D eigenvalue weighted by molar-refractivity contribution is -0.170. The third-order valence-electron chi connectivity index (χ3n) is 2.58. The smallest absolute Gasteiger partial charge is 0.314 e. The molecule has 0 aromatic carbocycles. The number of esters is 2. The number of hydrogen-bond acceptors (Lipinski definition) is 4. The Labute approximate surface area is 89.4 Å². The van der Waals surface area contributed by atoms with Crippen molar-refractivity contribution < 1.29 is 19.1 Å². The molecule has 0 radical (unpaired) electrons. The third kappa shape index (κ3) is 1.35. The first-order valence-corrected chi connectivity index (χ1v) is 5.08. The molecule has 0 spiro atoms. The van der Waals surface area contributed by atoms with Crippen molar-refractivity contribution in [1.82, 2.24) is 0 Å². The van der Waals surface area contributed by atoms with Crippen molar-refractivity contribution in [2.24, 2.45) is 11.8 Å². The standard InChI is InChI=1S/C9H9BrO4/c1-13-8(11)5-3-7-6(10)2-4(5)9(12)14-7/h2,4-5,7H,3H2,1H3/t4-,5+,7-/m0/s1. The van der Waals surface area contributed by atoms with E-state index in [1.54, 1.807) is 6.08 Å². The monoisotopic (exact) mass is 260 g/mol. The molecule has 3 rings (SSSR count). The van der Waals surface area contributed by atoms with Crippen LogP contribution in [0.4, 0.5) is 0 Å². The van der Waals surface area contributed by atoms with Crippen molar-refractivity contribution in [1.29, 1.82) is 0 Å². The molecular weight excluding hydrogens is 252 g/mol. The minimum Gasteiger partial charge on any atom is -0.469 e. The fourth-order valence-electron chi connectivity index (χ4n) is 1.83. The summed E-state index contributed by atoms with van der Waals surface area (Å²) in [5, 5.41) is 0. The summed E-state index contributed by atoms with van der Waals surface area (Å²) in [5.41, 5.74) is 0. The normalized spacial score (nSPS) is 34.9. The van der Waals surface area contributed by atoms with Crippen molar-refractivity contribution in [3.8, 4) is 0 Å². The van der Waals surface area contributed by atoms with Gasteiger partial charge < -0.3 is 9.47 Å². The number of ether oxygens (including phenoxy) is 2. The summed E-state index contributed by atoms with van der Waals surface area (Å²) in [6.45, 7) is 0. The van der Waals surface area contributed by atoms with Crippen LogP contribution in [0, 0.1) is 11.8 Å². The highest BCUT2D eigenvalue weighted by Gasteiger charge is 2.46. The van der Waals surface area contributed by atoms with Crippen molar-refractivity contribution >= 4 is 27.9 Å². The molecular formula is C9H9BrO4. The molecule has 76 valence electrons. The highest BCUT2D eigenvalue weighted by atomic mass is 79.9.